The lowest BCUT2D eigenvalue weighted by Crippen LogP contribution is -2.36. The van der Waals surface area contributed by atoms with E-state index in [9.17, 15) is 0 Å². The molecule has 3 unspecified atom stereocenters. The Bertz CT molecular complexity index is 1630. The average Bonchev–Trinajstić information content (AvgIpc) is 3.20. The summed E-state index contributed by atoms with van der Waals surface area (Å²) in [5.74, 6) is 0.594. The largest absolute Gasteiger partial charge is 0.310 e. The Kier molecular flexibility index (Phi) is 8.34. The average molecular weight is 580 g/mol. The summed E-state index contributed by atoms with van der Waals surface area (Å²) >= 11 is 0. The minimum atomic E-state index is -0.181. The summed E-state index contributed by atoms with van der Waals surface area (Å²) in [6.07, 6.45) is 18.1. The number of nitrogens with one attached hydrogen (secondary N) is 1. The Hall–Kier alpha value is -3.42. The molecule has 0 aliphatic heterocycles. The van der Waals surface area contributed by atoms with Crippen LogP contribution in [0.1, 0.15) is 106 Å². The van der Waals surface area contributed by atoms with Gasteiger partial charge in [-0.05, 0) is 141 Å². The molecule has 0 saturated heterocycles. The van der Waals surface area contributed by atoms with E-state index < -0.39 is 0 Å². The molecule has 0 aromatic heterocycles. The van der Waals surface area contributed by atoms with Crippen molar-refractivity contribution in [3.05, 3.63) is 141 Å². The van der Waals surface area contributed by atoms with E-state index in [-0.39, 0.29) is 5.41 Å². The molecule has 1 heteroatoms. The summed E-state index contributed by atoms with van der Waals surface area (Å²) in [6.45, 7) is 4.83. The smallest absolute Gasteiger partial charge is 0.0632 e. The van der Waals surface area contributed by atoms with E-state index in [1.165, 1.54) is 72.8 Å². The molecule has 226 valence electrons. The quantitative estimate of drug-likeness (QED) is 0.297. The van der Waals surface area contributed by atoms with Gasteiger partial charge in [-0.1, -0.05) is 109 Å². The second-order valence-electron chi connectivity index (χ2n) is 13.7. The highest BCUT2D eigenvalue weighted by Crippen LogP contribution is 2.58. The monoisotopic (exact) mass is 579 g/mol. The third-order valence-corrected chi connectivity index (χ3v) is 11.4. The van der Waals surface area contributed by atoms with Gasteiger partial charge in [-0.25, -0.2) is 0 Å². The van der Waals surface area contributed by atoms with E-state index in [0.29, 0.717) is 12.0 Å². The first-order valence-corrected chi connectivity index (χ1v) is 17.4. The Labute approximate surface area is 265 Å². The van der Waals surface area contributed by atoms with Crippen LogP contribution in [0.4, 0.5) is 0 Å². The SMILES string of the molecule is CNC1C=CCC/C1=C(/C)c1ccc(C2=C(C3(c4ccccc4)C4=C(CCCC4)C(C)Cc4ccccc43)CCCC2)cc1. The first-order valence-electron chi connectivity index (χ1n) is 17.4. The first kappa shape index (κ1) is 29.3. The predicted molar refractivity (Wildman–Crippen MR) is 188 cm³/mol. The van der Waals surface area contributed by atoms with Crippen LogP contribution in [0.2, 0.25) is 0 Å². The van der Waals surface area contributed by atoms with Crippen molar-refractivity contribution < 1.29 is 0 Å². The molecule has 3 aromatic rings. The van der Waals surface area contributed by atoms with Crippen LogP contribution < -0.4 is 5.32 Å². The lowest BCUT2D eigenvalue weighted by Gasteiger charge is -2.45. The van der Waals surface area contributed by atoms with E-state index in [1.807, 2.05) is 0 Å². The number of allylic oxidation sites excluding steroid dienone is 6. The number of hydrogen-bond donors (Lipinski definition) is 1. The molecule has 4 aliphatic carbocycles. The van der Waals surface area contributed by atoms with Gasteiger partial charge in [0.15, 0.2) is 0 Å². The zero-order valence-corrected chi connectivity index (χ0v) is 27.1. The van der Waals surface area contributed by atoms with Crippen LogP contribution in [-0.4, -0.2) is 13.1 Å². The zero-order chi connectivity index (χ0) is 30.1. The molecular weight excluding hydrogens is 530 g/mol. The van der Waals surface area contributed by atoms with Gasteiger partial charge in [0.1, 0.15) is 0 Å². The zero-order valence-electron chi connectivity index (χ0n) is 27.1. The summed E-state index contributed by atoms with van der Waals surface area (Å²) in [6, 6.07) is 31.2. The molecule has 0 spiro atoms. The molecule has 1 N–H and O–H groups in total. The van der Waals surface area contributed by atoms with Gasteiger partial charge < -0.3 is 5.32 Å². The van der Waals surface area contributed by atoms with Crippen LogP contribution in [0.25, 0.3) is 11.1 Å². The third-order valence-electron chi connectivity index (χ3n) is 11.4. The second-order valence-corrected chi connectivity index (χ2v) is 13.7. The molecule has 1 nitrogen and oxygen atoms in total. The van der Waals surface area contributed by atoms with Crippen LogP contribution in [-0.2, 0) is 11.8 Å². The van der Waals surface area contributed by atoms with Crippen molar-refractivity contribution in [2.75, 3.05) is 7.05 Å². The number of fused-ring (bicyclic) bond motifs is 1. The standard InChI is InChI=1S/C43H49N/c1-30-29-34-15-7-11-21-39(34)43(35-16-5-4-6-17-35,40-22-12-8-18-36(30)40)41-23-13-9-20-38(41)33-27-25-32(26-28-33)31(2)37-19-10-14-24-42(37)44-3/h4-7,11,14-17,21,24-28,30,42,44H,8-10,12-13,18-20,22-23,29H2,1-3H3/b37-31+. The van der Waals surface area contributed by atoms with E-state index in [4.69, 9.17) is 0 Å². The molecule has 44 heavy (non-hydrogen) atoms. The van der Waals surface area contributed by atoms with Crippen LogP contribution in [0.3, 0.4) is 0 Å². The highest BCUT2D eigenvalue weighted by atomic mass is 14.9. The van der Waals surface area contributed by atoms with Gasteiger partial charge in [0, 0.05) is 6.04 Å². The van der Waals surface area contributed by atoms with Gasteiger partial charge in [0.25, 0.3) is 0 Å². The summed E-state index contributed by atoms with van der Waals surface area (Å²) in [5.41, 5.74) is 16.9. The molecule has 3 atom stereocenters. The molecule has 0 radical (unpaired) electrons. The first-order chi connectivity index (χ1) is 21.6. The fourth-order valence-corrected chi connectivity index (χ4v) is 9.30. The number of benzene rings is 3. The van der Waals surface area contributed by atoms with Gasteiger partial charge in [0.05, 0.1) is 5.41 Å². The van der Waals surface area contributed by atoms with Crippen molar-refractivity contribution in [2.24, 2.45) is 5.92 Å². The number of likely N-dealkylation sites (N-methyl/N-ethyl adjacent to an activating group) is 1. The van der Waals surface area contributed by atoms with Crippen molar-refractivity contribution in [1.82, 2.24) is 5.32 Å². The molecule has 7 rings (SSSR count). The van der Waals surface area contributed by atoms with Crippen molar-refractivity contribution in [3.63, 3.8) is 0 Å². The molecule has 0 bridgehead atoms. The Morgan fingerprint density at radius 1 is 0.750 bits per heavy atom. The van der Waals surface area contributed by atoms with Crippen LogP contribution in [0.15, 0.2) is 113 Å². The van der Waals surface area contributed by atoms with Gasteiger partial charge in [-0.2, -0.15) is 0 Å². The van der Waals surface area contributed by atoms with Crippen LogP contribution in [0.5, 0.6) is 0 Å². The fourth-order valence-electron chi connectivity index (χ4n) is 9.30. The minimum Gasteiger partial charge on any atom is -0.310 e. The summed E-state index contributed by atoms with van der Waals surface area (Å²) in [5, 5.41) is 3.51. The second kappa shape index (κ2) is 12.5. The minimum absolute atomic E-state index is 0.181. The van der Waals surface area contributed by atoms with Gasteiger partial charge in [-0.3, -0.25) is 0 Å². The van der Waals surface area contributed by atoms with Crippen LogP contribution >= 0.6 is 0 Å². The number of hydrogen-bond acceptors (Lipinski definition) is 1. The van der Waals surface area contributed by atoms with Crippen molar-refractivity contribution in [2.45, 2.75) is 95.9 Å². The predicted octanol–water partition coefficient (Wildman–Crippen LogP) is 10.8. The Morgan fingerprint density at radius 2 is 1.45 bits per heavy atom. The van der Waals surface area contributed by atoms with Gasteiger partial charge in [-0.15, -0.1) is 0 Å². The topological polar surface area (TPSA) is 12.0 Å². The van der Waals surface area contributed by atoms with Crippen molar-refractivity contribution in [1.29, 1.82) is 0 Å². The van der Waals surface area contributed by atoms with Gasteiger partial charge in [0.2, 0.25) is 0 Å². The van der Waals surface area contributed by atoms with Crippen molar-refractivity contribution in [3.8, 4) is 0 Å². The summed E-state index contributed by atoms with van der Waals surface area (Å²) < 4.78 is 0. The molecule has 0 amide bonds. The molecule has 0 fully saturated rings. The van der Waals surface area contributed by atoms with Crippen molar-refractivity contribution >= 4 is 11.1 Å². The molecule has 0 saturated carbocycles. The van der Waals surface area contributed by atoms with E-state index in [0.717, 1.165) is 25.7 Å². The maximum atomic E-state index is 3.51. The summed E-state index contributed by atoms with van der Waals surface area (Å²) in [4.78, 5) is 0. The van der Waals surface area contributed by atoms with Crippen LogP contribution in [0, 0.1) is 5.92 Å². The lowest BCUT2D eigenvalue weighted by molar-refractivity contribution is 0.523. The molecular formula is C43H49N. The number of rotatable bonds is 5. The van der Waals surface area contributed by atoms with E-state index >= 15 is 0 Å². The molecule has 3 aromatic carbocycles. The van der Waals surface area contributed by atoms with Gasteiger partial charge >= 0.3 is 0 Å². The Morgan fingerprint density at radius 3 is 2.25 bits per heavy atom. The maximum absolute atomic E-state index is 3.51. The molecule has 4 aliphatic rings. The lowest BCUT2D eigenvalue weighted by atomic mass is 9.57. The third kappa shape index (κ3) is 4.98. The highest BCUT2D eigenvalue weighted by Gasteiger charge is 2.47. The highest BCUT2D eigenvalue weighted by molar-refractivity contribution is 5.79. The normalized spacial score (nSPS) is 26.6. The maximum Gasteiger partial charge on any atom is 0.0632 e. The molecule has 0 heterocycles. The Balaban J connectivity index is 1.46. The van der Waals surface area contributed by atoms with E-state index in [1.54, 1.807) is 33.4 Å². The van der Waals surface area contributed by atoms with E-state index in [2.05, 4.69) is 117 Å². The summed E-state index contributed by atoms with van der Waals surface area (Å²) in [7, 11) is 2.08. The fraction of sp³-hybridized carbons (Fsp3) is 0.395.